The van der Waals surface area contributed by atoms with Crippen LogP contribution in [0.15, 0.2) is 109 Å². The van der Waals surface area contributed by atoms with Gasteiger partial charge in [0.1, 0.15) is 5.82 Å². The van der Waals surface area contributed by atoms with Gasteiger partial charge in [0.25, 0.3) is 0 Å². The Morgan fingerprint density at radius 3 is 2.27 bits per heavy atom. The topological polar surface area (TPSA) is 34.9 Å². The van der Waals surface area contributed by atoms with E-state index in [4.69, 9.17) is 4.98 Å². The standard InChI is InChI=1S/C30H26N2O/c1-22-11-10-16-25(21-22)27(19-20-29(33)23-12-4-2-5-13-23)32-28-18-9-8-17-26(28)31-30(32)24-14-6-3-7-15-24/h2-18,21,27H,19-20H2,1H3. The largest absolute Gasteiger partial charge is 0.316 e. The minimum Gasteiger partial charge on any atom is -0.316 e. The first kappa shape index (κ1) is 20.9. The Kier molecular flexibility index (Phi) is 5.86. The van der Waals surface area contributed by atoms with Crippen LogP contribution in [0.4, 0.5) is 0 Å². The summed E-state index contributed by atoms with van der Waals surface area (Å²) in [5.74, 6) is 1.09. The molecule has 0 radical (unpaired) electrons. The van der Waals surface area contributed by atoms with E-state index in [0.29, 0.717) is 12.8 Å². The van der Waals surface area contributed by atoms with Gasteiger partial charge in [0.05, 0.1) is 17.1 Å². The van der Waals surface area contributed by atoms with E-state index in [2.05, 4.69) is 66.1 Å². The van der Waals surface area contributed by atoms with Crippen molar-refractivity contribution in [3.05, 3.63) is 126 Å². The Balaban J connectivity index is 1.63. The van der Waals surface area contributed by atoms with Gasteiger partial charge in [-0.25, -0.2) is 4.98 Å². The normalized spacial score (nSPS) is 12.0. The molecular formula is C30H26N2O. The van der Waals surface area contributed by atoms with Crippen LogP contribution in [0.1, 0.15) is 40.4 Å². The number of hydrogen-bond acceptors (Lipinski definition) is 2. The highest BCUT2D eigenvalue weighted by molar-refractivity contribution is 5.96. The molecule has 0 fully saturated rings. The third-order valence-electron chi connectivity index (χ3n) is 6.11. The number of carbonyl (C=O) groups excluding carboxylic acids is 1. The zero-order valence-electron chi connectivity index (χ0n) is 18.7. The van der Waals surface area contributed by atoms with Crippen molar-refractivity contribution in [2.24, 2.45) is 0 Å². The smallest absolute Gasteiger partial charge is 0.162 e. The summed E-state index contributed by atoms with van der Waals surface area (Å²) in [6.07, 6.45) is 1.15. The predicted octanol–water partition coefficient (Wildman–Crippen LogP) is 7.26. The number of rotatable bonds is 7. The second-order valence-corrected chi connectivity index (χ2v) is 8.42. The summed E-state index contributed by atoms with van der Waals surface area (Å²) in [6.45, 7) is 2.11. The molecule has 3 nitrogen and oxygen atoms in total. The van der Waals surface area contributed by atoms with Gasteiger partial charge in [-0.05, 0) is 31.0 Å². The quantitative estimate of drug-likeness (QED) is 0.255. The lowest BCUT2D eigenvalue weighted by Crippen LogP contribution is -2.14. The highest BCUT2D eigenvalue weighted by atomic mass is 16.1. The lowest BCUT2D eigenvalue weighted by molar-refractivity contribution is 0.0976. The fourth-order valence-corrected chi connectivity index (χ4v) is 4.51. The van der Waals surface area contributed by atoms with Gasteiger partial charge >= 0.3 is 0 Å². The number of hydrogen-bond donors (Lipinski definition) is 0. The van der Waals surface area contributed by atoms with E-state index in [9.17, 15) is 4.79 Å². The van der Waals surface area contributed by atoms with Crippen molar-refractivity contribution in [2.75, 3.05) is 0 Å². The maximum atomic E-state index is 13.0. The second-order valence-electron chi connectivity index (χ2n) is 8.42. The molecule has 4 aromatic carbocycles. The molecular weight excluding hydrogens is 404 g/mol. The molecule has 3 heteroatoms. The van der Waals surface area contributed by atoms with Crippen molar-refractivity contribution < 1.29 is 4.79 Å². The monoisotopic (exact) mass is 430 g/mol. The molecule has 1 aromatic heterocycles. The van der Waals surface area contributed by atoms with Crippen LogP contribution < -0.4 is 0 Å². The van der Waals surface area contributed by atoms with Crippen LogP contribution in [0, 0.1) is 6.92 Å². The van der Waals surface area contributed by atoms with Crippen LogP contribution in [0.5, 0.6) is 0 Å². The molecule has 162 valence electrons. The third-order valence-corrected chi connectivity index (χ3v) is 6.11. The minimum absolute atomic E-state index is 0.0137. The van der Waals surface area contributed by atoms with Gasteiger partial charge in [0.15, 0.2) is 5.78 Å². The summed E-state index contributed by atoms with van der Waals surface area (Å²) in [5, 5.41) is 0. The number of imidazole rings is 1. The second kappa shape index (κ2) is 9.25. The summed E-state index contributed by atoms with van der Waals surface area (Å²) in [6, 6.07) is 36.7. The van der Waals surface area contributed by atoms with Crippen molar-refractivity contribution in [1.29, 1.82) is 0 Å². The number of ketones is 1. The number of fused-ring (bicyclic) bond motifs is 1. The van der Waals surface area contributed by atoms with E-state index in [0.717, 1.165) is 28.0 Å². The van der Waals surface area contributed by atoms with Crippen LogP contribution in [-0.4, -0.2) is 15.3 Å². The molecule has 0 N–H and O–H groups in total. The molecule has 0 spiro atoms. The van der Waals surface area contributed by atoms with Gasteiger partial charge in [-0.3, -0.25) is 4.79 Å². The first-order valence-corrected chi connectivity index (χ1v) is 11.4. The maximum absolute atomic E-state index is 13.0. The highest BCUT2D eigenvalue weighted by Gasteiger charge is 2.23. The molecule has 5 aromatic rings. The number of aryl methyl sites for hydroxylation is 1. The predicted molar refractivity (Wildman–Crippen MR) is 134 cm³/mol. The van der Waals surface area contributed by atoms with Crippen molar-refractivity contribution in [1.82, 2.24) is 9.55 Å². The van der Waals surface area contributed by atoms with Gasteiger partial charge in [0.2, 0.25) is 0 Å². The Hall–Kier alpha value is -3.98. The molecule has 0 aliphatic rings. The average molecular weight is 431 g/mol. The van der Waals surface area contributed by atoms with Crippen molar-refractivity contribution in [2.45, 2.75) is 25.8 Å². The SMILES string of the molecule is Cc1cccc(C(CCC(=O)c2ccccc2)n2c(-c3ccccc3)nc3ccccc32)c1. The summed E-state index contributed by atoms with van der Waals surface area (Å²) < 4.78 is 2.32. The number of benzene rings is 4. The Morgan fingerprint density at radius 1 is 0.818 bits per heavy atom. The van der Waals surface area contributed by atoms with Gasteiger partial charge < -0.3 is 4.57 Å². The molecule has 5 rings (SSSR count). The Labute approximate surface area is 194 Å². The maximum Gasteiger partial charge on any atom is 0.162 e. The molecule has 0 aliphatic heterocycles. The zero-order chi connectivity index (χ0) is 22.6. The molecule has 1 heterocycles. The first-order valence-electron chi connectivity index (χ1n) is 11.4. The highest BCUT2D eigenvalue weighted by Crippen LogP contribution is 2.34. The van der Waals surface area contributed by atoms with Crippen molar-refractivity contribution >= 4 is 16.8 Å². The van der Waals surface area contributed by atoms with E-state index in [1.54, 1.807) is 0 Å². The number of para-hydroxylation sites is 2. The summed E-state index contributed by atoms with van der Waals surface area (Å²) >= 11 is 0. The lowest BCUT2D eigenvalue weighted by Gasteiger charge is -2.23. The van der Waals surface area contributed by atoms with Gasteiger partial charge in [-0.2, -0.15) is 0 Å². The fourth-order valence-electron chi connectivity index (χ4n) is 4.51. The average Bonchev–Trinajstić information content (AvgIpc) is 3.25. The molecule has 1 atom stereocenters. The van der Waals surface area contributed by atoms with E-state index in [1.165, 1.54) is 11.1 Å². The van der Waals surface area contributed by atoms with Crippen LogP contribution >= 0.6 is 0 Å². The first-order chi connectivity index (χ1) is 16.2. The molecule has 0 amide bonds. The molecule has 33 heavy (non-hydrogen) atoms. The Morgan fingerprint density at radius 2 is 1.52 bits per heavy atom. The molecule has 0 aliphatic carbocycles. The van der Waals surface area contributed by atoms with Crippen molar-refractivity contribution in [3.8, 4) is 11.4 Å². The molecule has 0 bridgehead atoms. The fraction of sp³-hybridized carbons (Fsp3) is 0.133. The summed E-state index contributed by atoms with van der Waals surface area (Å²) in [7, 11) is 0. The van der Waals surface area contributed by atoms with Gasteiger partial charge in [-0.15, -0.1) is 0 Å². The van der Waals surface area contributed by atoms with Crippen molar-refractivity contribution in [3.63, 3.8) is 0 Å². The summed E-state index contributed by atoms with van der Waals surface area (Å²) in [4.78, 5) is 18.0. The number of aromatic nitrogens is 2. The minimum atomic E-state index is -0.0137. The third kappa shape index (κ3) is 4.35. The molecule has 1 unspecified atom stereocenters. The van der Waals surface area contributed by atoms with E-state index in [1.807, 2.05) is 54.6 Å². The molecule has 0 saturated heterocycles. The van der Waals surface area contributed by atoms with Gasteiger partial charge in [-0.1, -0.05) is 103 Å². The molecule has 0 saturated carbocycles. The summed E-state index contributed by atoms with van der Waals surface area (Å²) in [5.41, 5.74) is 6.27. The Bertz CT molecular complexity index is 1390. The van der Waals surface area contributed by atoms with E-state index >= 15 is 0 Å². The number of nitrogens with zero attached hydrogens (tertiary/aromatic N) is 2. The van der Waals surface area contributed by atoms with E-state index in [-0.39, 0.29) is 11.8 Å². The van der Waals surface area contributed by atoms with E-state index < -0.39 is 0 Å². The lowest BCUT2D eigenvalue weighted by atomic mass is 9.96. The zero-order valence-corrected chi connectivity index (χ0v) is 18.7. The van der Waals surface area contributed by atoms with Crippen LogP contribution in [0.3, 0.4) is 0 Å². The number of carbonyl (C=O) groups is 1. The van der Waals surface area contributed by atoms with Crippen LogP contribution in [-0.2, 0) is 0 Å². The van der Waals surface area contributed by atoms with Gasteiger partial charge in [0, 0.05) is 17.5 Å². The van der Waals surface area contributed by atoms with Crippen LogP contribution in [0.2, 0.25) is 0 Å². The van der Waals surface area contributed by atoms with Crippen LogP contribution in [0.25, 0.3) is 22.4 Å². The number of Topliss-reactive ketones (excluding diaryl/α,β-unsaturated/α-hetero) is 1.